The van der Waals surface area contributed by atoms with E-state index in [9.17, 15) is 0 Å². The maximum Gasteiger partial charge on any atom is 0.175 e. The number of rotatable bonds is 6. The number of nitrogens with zero attached hydrogens (tertiary/aromatic N) is 4. The van der Waals surface area contributed by atoms with Gasteiger partial charge in [0.05, 0.1) is 0 Å². The summed E-state index contributed by atoms with van der Waals surface area (Å²) in [5, 5.41) is 0.932. The van der Waals surface area contributed by atoms with Crippen LogP contribution in [-0.2, 0) is 6.54 Å². The third kappa shape index (κ3) is 3.38. The van der Waals surface area contributed by atoms with Crippen LogP contribution >= 0.6 is 11.8 Å². The number of nitrogen functional groups attached to an aromatic ring is 1. The maximum absolute atomic E-state index is 6.00. The number of imidazole rings is 1. The molecule has 2 aromatic heterocycles. The van der Waals surface area contributed by atoms with Crippen molar-refractivity contribution in [2.75, 3.05) is 5.73 Å². The largest absolute Gasteiger partial charge is 0.382 e. The molecule has 2 N–H and O–H groups in total. The van der Waals surface area contributed by atoms with Crippen LogP contribution in [0.4, 0.5) is 5.82 Å². The minimum atomic E-state index is 0.442. The van der Waals surface area contributed by atoms with E-state index in [4.69, 9.17) is 10.7 Å². The van der Waals surface area contributed by atoms with Crippen LogP contribution < -0.4 is 5.73 Å². The zero-order chi connectivity index (χ0) is 17.1. The number of aryl methyl sites for hydroxylation is 3. The first kappa shape index (κ1) is 16.8. The van der Waals surface area contributed by atoms with E-state index in [1.807, 2.05) is 0 Å². The van der Waals surface area contributed by atoms with E-state index in [-0.39, 0.29) is 0 Å². The number of nitrogens with two attached hydrogens (primary N) is 1. The van der Waals surface area contributed by atoms with Crippen molar-refractivity contribution in [3.05, 3.63) is 35.7 Å². The van der Waals surface area contributed by atoms with Crippen molar-refractivity contribution in [2.24, 2.45) is 0 Å². The fourth-order valence-corrected chi connectivity index (χ4v) is 3.74. The van der Waals surface area contributed by atoms with Gasteiger partial charge in [-0.2, -0.15) is 0 Å². The highest BCUT2D eigenvalue weighted by molar-refractivity contribution is 7.99. The highest BCUT2D eigenvalue weighted by Crippen LogP contribution is 2.33. The fraction of sp³-hybridized carbons (Fsp3) is 0.389. The number of fused-ring (bicyclic) bond motifs is 1. The number of hydrogen-bond donors (Lipinski definition) is 1. The van der Waals surface area contributed by atoms with Crippen LogP contribution in [-0.4, -0.2) is 19.5 Å². The molecular formula is C18H23N5S. The van der Waals surface area contributed by atoms with Crippen LogP contribution in [0.5, 0.6) is 0 Å². The van der Waals surface area contributed by atoms with Crippen molar-refractivity contribution in [3.63, 3.8) is 0 Å². The van der Waals surface area contributed by atoms with E-state index in [0.29, 0.717) is 11.3 Å². The Hall–Kier alpha value is -2.08. The van der Waals surface area contributed by atoms with Gasteiger partial charge in [0.25, 0.3) is 0 Å². The van der Waals surface area contributed by atoms with E-state index in [1.54, 1.807) is 11.8 Å². The van der Waals surface area contributed by atoms with Crippen molar-refractivity contribution < 1.29 is 0 Å². The Morgan fingerprint density at radius 2 is 2.00 bits per heavy atom. The molecule has 3 aromatic rings. The molecule has 0 unspecified atom stereocenters. The van der Waals surface area contributed by atoms with Gasteiger partial charge in [0.15, 0.2) is 22.1 Å². The Balaban J connectivity index is 2.03. The number of anilines is 1. The van der Waals surface area contributed by atoms with E-state index in [2.05, 4.69) is 53.5 Å². The second-order valence-corrected chi connectivity index (χ2v) is 7.06. The fourth-order valence-electron chi connectivity index (χ4n) is 2.65. The molecule has 24 heavy (non-hydrogen) atoms. The third-order valence-electron chi connectivity index (χ3n) is 4.06. The lowest BCUT2D eigenvalue weighted by molar-refractivity contribution is 0.575. The molecule has 1 aromatic carbocycles. The number of hydrogen-bond acceptors (Lipinski definition) is 5. The molecule has 0 spiro atoms. The van der Waals surface area contributed by atoms with Crippen LogP contribution in [0.2, 0.25) is 0 Å². The maximum atomic E-state index is 6.00. The van der Waals surface area contributed by atoms with Gasteiger partial charge in [0.1, 0.15) is 6.33 Å². The third-order valence-corrected chi connectivity index (χ3v) is 5.21. The molecule has 0 amide bonds. The smallest absolute Gasteiger partial charge is 0.175 e. The summed E-state index contributed by atoms with van der Waals surface area (Å²) in [7, 11) is 0. The summed E-state index contributed by atoms with van der Waals surface area (Å²) in [4.78, 5) is 14.4. The summed E-state index contributed by atoms with van der Waals surface area (Å²) < 4.78 is 2.18. The molecule has 5 nitrogen and oxygen atoms in total. The molecule has 0 fully saturated rings. The van der Waals surface area contributed by atoms with E-state index >= 15 is 0 Å². The predicted molar refractivity (Wildman–Crippen MR) is 99.3 cm³/mol. The van der Waals surface area contributed by atoms with E-state index in [1.165, 1.54) is 35.2 Å². The number of benzene rings is 1. The topological polar surface area (TPSA) is 69.6 Å². The SMILES string of the molecule is CCCCCn1c(Sc2cc(C)ccc2C)nc2c(N)ncnc21. The zero-order valence-corrected chi connectivity index (χ0v) is 15.2. The van der Waals surface area contributed by atoms with E-state index in [0.717, 1.165) is 23.8 Å². The molecule has 0 radical (unpaired) electrons. The minimum Gasteiger partial charge on any atom is -0.382 e. The van der Waals surface area contributed by atoms with Gasteiger partial charge in [-0.15, -0.1) is 0 Å². The van der Waals surface area contributed by atoms with Gasteiger partial charge in [-0.3, -0.25) is 0 Å². The Morgan fingerprint density at radius 3 is 2.79 bits per heavy atom. The van der Waals surface area contributed by atoms with Crippen molar-refractivity contribution in [2.45, 2.75) is 56.6 Å². The summed E-state index contributed by atoms with van der Waals surface area (Å²) in [5.41, 5.74) is 10.0. The summed E-state index contributed by atoms with van der Waals surface area (Å²) in [6.45, 7) is 7.34. The molecule has 0 aliphatic heterocycles. The monoisotopic (exact) mass is 341 g/mol. The summed E-state index contributed by atoms with van der Waals surface area (Å²) >= 11 is 1.68. The molecule has 3 rings (SSSR count). The van der Waals surface area contributed by atoms with Gasteiger partial charge in [-0.1, -0.05) is 43.7 Å². The first-order valence-corrected chi connectivity index (χ1v) is 9.13. The number of aromatic nitrogens is 4. The molecule has 0 bridgehead atoms. The van der Waals surface area contributed by atoms with Crippen molar-refractivity contribution in [3.8, 4) is 0 Å². The zero-order valence-electron chi connectivity index (χ0n) is 14.4. The lowest BCUT2D eigenvalue weighted by Crippen LogP contribution is -2.02. The van der Waals surface area contributed by atoms with Gasteiger partial charge in [0, 0.05) is 11.4 Å². The quantitative estimate of drug-likeness (QED) is 0.674. The van der Waals surface area contributed by atoms with Crippen molar-refractivity contribution >= 4 is 28.7 Å². The predicted octanol–water partition coefficient (Wildman–Crippen LogP) is 4.37. The molecule has 6 heteroatoms. The van der Waals surface area contributed by atoms with Gasteiger partial charge in [-0.25, -0.2) is 15.0 Å². The molecule has 126 valence electrons. The van der Waals surface area contributed by atoms with Crippen LogP contribution in [0.3, 0.4) is 0 Å². The first-order chi connectivity index (χ1) is 11.6. The molecule has 0 saturated carbocycles. The highest BCUT2D eigenvalue weighted by Gasteiger charge is 2.16. The van der Waals surface area contributed by atoms with Crippen LogP contribution in [0.15, 0.2) is 34.6 Å². The van der Waals surface area contributed by atoms with Crippen LogP contribution in [0, 0.1) is 13.8 Å². The Kier molecular flexibility index (Phi) is 5.04. The average molecular weight is 341 g/mol. The molecule has 0 aliphatic rings. The van der Waals surface area contributed by atoms with Gasteiger partial charge in [-0.05, 0) is 37.5 Å². The summed E-state index contributed by atoms with van der Waals surface area (Å²) in [5.74, 6) is 0.442. The van der Waals surface area contributed by atoms with Crippen molar-refractivity contribution in [1.29, 1.82) is 0 Å². The van der Waals surface area contributed by atoms with Gasteiger partial charge < -0.3 is 10.3 Å². The normalized spacial score (nSPS) is 11.3. The van der Waals surface area contributed by atoms with Gasteiger partial charge in [0.2, 0.25) is 0 Å². The number of unbranched alkanes of at least 4 members (excludes halogenated alkanes) is 2. The van der Waals surface area contributed by atoms with Crippen molar-refractivity contribution in [1.82, 2.24) is 19.5 Å². The molecule has 0 atom stereocenters. The minimum absolute atomic E-state index is 0.442. The standard InChI is InChI=1S/C18H23N5S/c1-4-5-6-9-23-17-15(16(19)20-11-21-17)22-18(23)24-14-10-12(2)7-8-13(14)3/h7-8,10-11H,4-6,9H2,1-3H3,(H2,19,20,21). The first-order valence-electron chi connectivity index (χ1n) is 8.32. The Bertz CT molecular complexity index is 856. The Morgan fingerprint density at radius 1 is 1.17 bits per heavy atom. The molecule has 0 saturated heterocycles. The van der Waals surface area contributed by atoms with E-state index < -0.39 is 0 Å². The average Bonchev–Trinajstić information content (AvgIpc) is 2.91. The summed E-state index contributed by atoms with van der Waals surface area (Å²) in [6.07, 6.45) is 4.99. The highest BCUT2D eigenvalue weighted by atomic mass is 32.2. The second-order valence-electron chi connectivity index (χ2n) is 6.06. The van der Waals surface area contributed by atoms with Crippen LogP contribution in [0.25, 0.3) is 11.2 Å². The van der Waals surface area contributed by atoms with Gasteiger partial charge >= 0.3 is 0 Å². The molecular weight excluding hydrogens is 318 g/mol. The molecule has 0 aliphatic carbocycles. The lowest BCUT2D eigenvalue weighted by Gasteiger charge is -2.10. The lowest BCUT2D eigenvalue weighted by atomic mass is 10.2. The Labute approximate surface area is 146 Å². The van der Waals surface area contributed by atoms with Crippen LogP contribution in [0.1, 0.15) is 37.3 Å². The molecule has 2 heterocycles. The summed E-state index contributed by atoms with van der Waals surface area (Å²) in [6, 6.07) is 6.48. The second kappa shape index (κ2) is 7.21.